The van der Waals surface area contributed by atoms with Crippen LogP contribution in [-0.2, 0) is 9.59 Å². The molecule has 0 aromatic heterocycles. The van der Waals surface area contributed by atoms with Crippen LogP contribution in [-0.4, -0.2) is 40.7 Å². The molecule has 8 heteroatoms. The van der Waals surface area contributed by atoms with Gasteiger partial charge in [-0.1, -0.05) is 13.0 Å². The van der Waals surface area contributed by atoms with E-state index < -0.39 is 11.9 Å². The van der Waals surface area contributed by atoms with Gasteiger partial charge in [-0.25, -0.2) is 9.59 Å². The molecule has 2 N–H and O–H groups in total. The first kappa shape index (κ1) is 17.4. The van der Waals surface area contributed by atoms with Crippen LogP contribution in [0.2, 0.25) is 0 Å². The summed E-state index contributed by atoms with van der Waals surface area (Å²) in [5.41, 5.74) is 1.03. The van der Waals surface area contributed by atoms with Crippen LogP contribution < -0.4 is 4.90 Å². The SMILES string of the molecule is CCCN(C)c1cccc([N+](=O)[O-])c1.O=C(O)C(=O)O. The fourth-order valence-corrected chi connectivity index (χ4v) is 1.31. The minimum absolute atomic E-state index is 0.144. The third-order valence-electron chi connectivity index (χ3n) is 2.22. The Morgan fingerprint density at radius 3 is 2.25 bits per heavy atom. The van der Waals surface area contributed by atoms with Gasteiger partial charge in [0.15, 0.2) is 0 Å². The van der Waals surface area contributed by atoms with Crippen LogP contribution in [0.15, 0.2) is 24.3 Å². The summed E-state index contributed by atoms with van der Waals surface area (Å²) in [6.45, 7) is 2.98. The molecule has 0 saturated carbocycles. The molecule has 0 spiro atoms. The maximum Gasteiger partial charge on any atom is 0.414 e. The number of nitrogens with zero attached hydrogens (tertiary/aromatic N) is 2. The van der Waals surface area contributed by atoms with Crippen molar-refractivity contribution in [2.45, 2.75) is 13.3 Å². The Balaban J connectivity index is 0.000000511. The van der Waals surface area contributed by atoms with Crippen molar-refractivity contribution < 1.29 is 24.7 Å². The molecule has 0 amide bonds. The molecule has 8 nitrogen and oxygen atoms in total. The van der Waals surface area contributed by atoms with Gasteiger partial charge in [-0.15, -0.1) is 0 Å². The number of anilines is 1. The fraction of sp³-hybridized carbons (Fsp3) is 0.333. The van der Waals surface area contributed by atoms with E-state index in [0.717, 1.165) is 18.7 Å². The molecule has 0 aliphatic heterocycles. The molecule has 1 aromatic carbocycles. The first-order valence-corrected chi connectivity index (χ1v) is 5.71. The van der Waals surface area contributed by atoms with Crippen molar-refractivity contribution in [2.75, 3.05) is 18.5 Å². The quantitative estimate of drug-likeness (QED) is 0.489. The number of hydrogen-bond donors (Lipinski definition) is 2. The molecule has 1 aromatic rings. The second kappa shape index (κ2) is 8.46. The molecule has 0 radical (unpaired) electrons. The second-order valence-corrected chi connectivity index (χ2v) is 3.81. The third kappa shape index (κ3) is 6.34. The largest absolute Gasteiger partial charge is 0.473 e. The highest BCUT2D eigenvalue weighted by Gasteiger charge is 2.07. The number of carbonyl (C=O) groups is 2. The number of nitro benzene ring substituents is 1. The topological polar surface area (TPSA) is 121 Å². The van der Waals surface area contributed by atoms with E-state index in [2.05, 4.69) is 6.92 Å². The van der Waals surface area contributed by atoms with Gasteiger partial charge in [-0.05, 0) is 12.5 Å². The molecule has 0 aliphatic rings. The van der Waals surface area contributed by atoms with Gasteiger partial charge in [0.1, 0.15) is 0 Å². The molecule has 0 heterocycles. The molecular formula is C12H16N2O6. The van der Waals surface area contributed by atoms with E-state index in [1.807, 2.05) is 18.0 Å². The summed E-state index contributed by atoms with van der Waals surface area (Å²) in [5.74, 6) is -3.65. The van der Waals surface area contributed by atoms with Gasteiger partial charge in [0.25, 0.3) is 5.69 Å². The van der Waals surface area contributed by atoms with Crippen LogP contribution in [0.5, 0.6) is 0 Å². The summed E-state index contributed by atoms with van der Waals surface area (Å²) < 4.78 is 0. The molecule has 0 unspecified atom stereocenters. The lowest BCUT2D eigenvalue weighted by molar-refractivity contribution is -0.384. The summed E-state index contributed by atoms with van der Waals surface area (Å²) in [6.07, 6.45) is 1.03. The van der Waals surface area contributed by atoms with Gasteiger partial charge >= 0.3 is 11.9 Å². The third-order valence-corrected chi connectivity index (χ3v) is 2.22. The number of non-ortho nitro benzene ring substituents is 1. The van der Waals surface area contributed by atoms with Crippen molar-refractivity contribution in [1.29, 1.82) is 0 Å². The van der Waals surface area contributed by atoms with Crippen LogP contribution in [0.25, 0.3) is 0 Å². The first-order chi connectivity index (χ1) is 9.29. The summed E-state index contributed by atoms with van der Waals surface area (Å²) in [5, 5.41) is 25.3. The number of benzene rings is 1. The van der Waals surface area contributed by atoms with Crippen molar-refractivity contribution >= 4 is 23.3 Å². The zero-order valence-electron chi connectivity index (χ0n) is 11.1. The maximum atomic E-state index is 10.5. The van der Waals surface area contributed by atoms with Gasteiger partial charge in [0, 0.05) is 31.4 Å². The van der Waals surface area contributed by atoms with E-state index in [9.17, 15) is 10.1 Å². The predicted molar refractivity (Wildman–Crippen MR) is 71.9 cm³/mol. The first-order valence-electron chi connectivity index (χ1n) is 5.71. The molecule has 0 atom stereocenters. The Morgan fingerprint density at radius 1 is 1.30 bits per heavy atom. The Hall–Kier alpha value is -2.64. The molecule has 0 aliphatic carbocycles. The Kier molecular flexibility index (Phi) is 7.34. The van der Waals surface area contributed by atoms with Crippen LogP contribution >= 0.6 is 0 Å². The highest BCUT2D eigenvalue weighted by Crippen LogP contribution is 2.19. The lowest BCUT2D eigenvalue weighted by Gasteiger charge is -2.17. The van der Waals surface area contributed by atoms with E-state index in [4.69, 9.17) is 19.8 Å². The van der Waals surface area contributed by atoms with E-state index in [1.165, 1.54) is 6.07 Å². The van der Waals surface area contributed by atoms with E-state index in [0.29, 0.717) is 0 Å². The van der Waals surface area contributed by atoms with Gasteiger partial charge in [0.05, 0.1) is 4.92 Å². The van der Waals surface area contributed by atoms with Crippen molar-refractivity contribution in [1.82, 2.24) is 0 Å². The summed E-state index contributed by atoms with van der Waals surface area (Å²) in [7, 11) is 1.93. The van der Waals surface area contributed by atoms with Crippen LogP contribution in [0, 0.1) is 10.1 Å². The minimum atomic E-state index is -1.82. The van der Waals surface area contributed by atoms with Gasteiger partial charge in [0.2, 0.25) is 0 Å². The molecule has 20 heavy (non-hydrogen) atoms. The smallest absolute Gasteiger partial charge is 0.414 e. The number of rotatable bonds is 4. The van der Waals surface area contributed by atoms with Crippen molar-refractivity contribution in [3.05, 3.63) is 34.4 Å². The number of nitro groups is 1. The molecule has 0 fully saturated rings. The predicted octanol–water partition coefficient (Wildman–Crippen LogP) is 1.60. The molecule has 0 bridgehead atoms. The molecule has 110 valence electrons. The fourth-order valence-electron chi connectivity index (χ4n) is 1.31. The molecule has 1 rings (SSSR count). The lowest BCUT2D eigenvalue weighted by Crippen LogP contribution is -2.17. The maximum absolute atomic E-state index is 10.5. The van der Waals surface area contributed by atoms with Crippen molar-refractivity contribution in [3.8, 4) is 0 Å². The van der Waals surface area contributed by atoms with Gasteiger partial charge in [-0.3, -0.25) is 10.1 Å². The zero-order chi connectivity index (χ0) is 15.7. The number of carboxylic acid groups (broad SMARTS) is 2. The summed E-state index contributed by atoms with van der Waals surface area (Å²) >= 11 is 0. The number of hydrogen-bond acceptors (Lipinski definition) is 5. The van der Waals surface area contributed by atoms with Crippen LogP contribution in [0.3, 0.4) is 0 Å². The van der Waals surface area contributed by atoms with Crippen LogP contribution in [0.4, 0.5) is 11.4 Å². The highest BCUT2D eigenvalue weighted by atomic mass is 16.6. The average Bonchev–Trinajstić information content (AvgIpc) is 2.39. The van der Waals surface area contributed by atoms with Crippen molar-refractivity contribution in [2.24, 2.45) is 0 Å². The van der Waals surface area contributed by atoms with Gasteiger partial charge < -0.3 is 15.1 Å². The van der Waals surface area contributed by atoms with E-state index in [1.54, 1.807) is 12.1 Å². The standard InChI is InChI=1S/C10H14N2O2.C2H2O4/c1-3-7-11(2)9-5-4-6-10(8-9)12(13)14;3-1(4)2(5)6/h4-6,8H,3,7H2,1-2H3;(H,3,4)(H,5,6). The average molecular weight is 284 g/mol. The Labute approximate surface area is 115 Å². The number of carboxylic acids is 2. The molecular weight excluding hydrogens is 268 g/mol. The number of aliphatic carboxylic acids is 2. The summed E-state index contributed by atoms with van der Waals surface area (Å²) in [4.78, 5) is 30.4. The van der Waals surface area contributed by atoms with Crippen LogP contribution in [0.1, 0.15) is 13.3 Å². The van der Waals surface area contributed by atoms with Crippen molar-refractivity contribution in [3.63, 3.8) is 0 Å². The van der Waals surface area contributed by atoms with E-state index in [-0.39, 0.29) is 10.6 Å². The monoisotopic (exact) mass is 284 g/mol. The normalized spacial score (nSPS) is 9.10. The zero-order valence-corrected chi connectivity index (χ0v) is 11.1. The molecule has 0 saturated heterocycles. The minimum Gasteiger partial charge on any atom is -0.473 e. The van der Waals surface area contributed by atoms with E-state index >= 15 is 0 Å². The lowest BCUT2D eigenvalue weighted by atomic mass is 10.2. The Bertz CT molecular complexity index is 477. The van der Waals surface area contributed by atoms with Gasteiger partial charge in [-0.2, -0.15) is 0 Å². The second-order valence-electron chi connectivity index (χ2n) is 3.81. The highest BCUT2D eigenvalue weighted by molar-refractivity contribution is 6.27. The summed E-state index contributed by atoms with van der Waals surface area (Å²) in [6, 6.07) is 6.68. The Morgan fingerprint density at radius 2 is 1.85 bits per heavy atom.